The maximum Gasteiger partial charge on any atom is 0.316 e. The van der Waals surface area contributed by atoms with E-state index in [1.165, 1.54) is 7.11 Å². The van der Waals surface area contributed by atoms with E-state index in [4.69, 9.17) is 4.74 Å². The lowest BCUT2D eigenvalue weighted by molar-refractivity contribution is 0.402. The van der Waals surface area contributed by atoms with Gasteiger partial charge >= 0.3 is 5.56 Å². The van der Waals surface area contributed by atoms with Gasteiger partial charge < -0.3 is 14.6 Å². The summed E-state index contributed by atoms with van der Waals surface area (Å²) in [5.41, 5.74) is 1.28. The van der Waals surface area contributed by atoms with Crippen molar-refractivity contribution in [3.63, 3.8) is 0 Å². The highest BCUT2D eigenvalue weighted by molar-refractivity contribution is 5.56. The van der Waals surface area contributed by atoms with E-state index >= 15 is 0 Å². The van der Waals surface area contributed by atoms with Crippen molar-refractivity contribution in [2.75, 3.05) is 12.4 Å². The highest BCUT2D eigenvalue weighted by atomic mass is 19.1. The van der Waals surface area contributed by atoms with Crippen LogP contribution in [0, 0.1) is 12.7 Å². The van der Waals surface area contributed by atoms with E-state index in [-0.39, 0.29) is 23.2 Å². The second-order valence-corrected chi connectivity index (χ2v) is 5.61. The van der Waals surface area contributed by atoms with Gasteiger partial charge in [-0.3, -0.25) is 4.79 Å². The smallest absolute Gasteiger partial charge is 0.316 e. The molecule has 6 heteroatoms. The first-order chi connectivity index (χ1) is 12.1. The van der Waals surface area contributed by atoms with Gasteiger partial charge in [0.25, 0.3) is 0 Å². The van der Waals surface area contributed by atoms with Crippen LogP contribution in [0.4, 0.5) is 16.0 Å². The zero-order chi connectivity index (χ0) is 17.8. The molecule has 0 aliphatic heterocycles. The fourth-order valence-electron chi connectivity index (χ4n) is 2.48. The molecule has 0 aliphatic carbocycles. The second-order valence-electron chi connectivity index (χ2n) is 5.61. The summed E-state index contributed by atoms with van der Waals surface area (Å²) in [4.78, 5) is 16.0. The number of nitrogens with one attached hydrogen (secondary N) is 1. The van der Waals surface area contributed by atoms with Crippen LogP contribution in [0.2, 0.25) is 0 Å². The fraction of sp³-hybridized carbons (Fsp3) is 0.158. The van der Waals surface area contributed by atoms with Crippen LogP contribution in [0.25, 0.3) is 0 Å². The Hall–Kier alpha value is -3.15. The molecule has 2 aromatic carbocycles. The van der Waals surface area contributed by atoms with E-state index in [0.717, 1.165) is 5.56 Å². The number of ether oxygens (including phenoxy) is 1. The lowest BCUT2D eigenvalue weighted by Gasteiger charge is -2.16. The SMILES string of the molecule is COc1cn(Cc2ccccc2)c(Nc2cccc(C)c2F)nc1=O. The molecule has 0 radical (unpaired) electrons. The van der Waals surface area contributed by atoms with Crippen molar-refractivity contribution >= 4 is 11.6 Å². The zero-order valence-corrected chi connectivity index (χ0v) is 14.0. The van der Waals surface area contributed by atoms with Gasteiger partial charge in [0, 0.05) is 0 Å². The van der Waals surface area contributed by atoms with Crippen LogP contribution in [-0.4, -0.2) is 16.7 Å². The summed E-state index contributed by atoms with van der Waals surface area (Å²) in [5, 5.41) is 2.92. The number of hydrogen-bond acceptors (Lipinski definition) is 4. The van der Waals surface area contributed by atoms with Crippen molar-refractivity contribution in [3.8, 4) is 5.75 Å². The number of anilines is 2. The molecule has 0 aliphatic rings. The number of hydrogen-bond donors (Lipinski definition) is 1. The molecule has 3 aromatic rings. The third-order valence-electron chi connectivity index (χ3n) is 3.82. The normalized spacial score (nSPS) is 10.5. The van der Waals surface area contributed by atoms with Crippen LogP contribution in [0.1, 0.15) is 11.1 Å². The van der Waals surface area contributed by atoms with E-state index in [1.54, 1.807) is 35.9 Å². The number of methoxy groups -OCH3 is 1. The van der Waals surface area contributed by atoms with Gasteiger partial charge in [0.05, 0.1) is 25.5 Å². The molecule has 0 atom stereocenters. The molecule has 128 valence electrons. The van der Waals surface area contributed by atoms with Crippen molar-refractivity contribution in [1.82, 2.24) is 9.55 Å². The number of aromatic nitrogens is 2. The Morgan fingerprint density at radius 1 is 1.16 bits per heavy atom. The molecule has 1 N–H and O–H groups in total. The second kappa shape index (κ2) is 7.17. The molecular weight excluding hydrogens is 321 g/mol. The molecule has 0 unspecified atom stereocenters. The summed E-state index contributed by atoms with van der Waals surface area (Å²) in [6, 6.07) is 14.7. The first-order valence-electron chi connectivity index (χ1n) is 7.80. The molecule has 5 nitrogen and oxygen atoms in total. The van der Waals surface area contributed by atoms with E-state index in [9.17, 15) is 9.18 Å². The fourth-order valence-corrected chi connectivity index (χ4v) is 2.48. The van der Waals surface area contributed by atoms with E-state index in [0.29, 0.717) is 12.1 Å². The molecule has 0 spiro atoms. The number of aryl methyl sites for hydroxylation is 1. The molecule has 0 amide bonds. The molecule has 25 heavy (non-hydrogen) atoms. The minimum absolute atomic E-state index is 0.131. The Kier molecular flexibility index (Phi) is 4.79. The van der Waals surface area contributed by atoms with Gasteiger partial charge in [0.2, 0.25) is 11.7 Å². The Morgan fingerprint density at radius 2 is 1.92 bits per heavy atom. The summed E-state index contributed by atoms with van der Waals surface area (Å²) in [6.07, 6.45) is 1.57. The quantitative estimate of drug-likeness (QED) is 0.773. The third-order valence-corrected chi connectivity index (χ3v) is 3.82. The molecule has 1 heterocycles. The van der Waals surface area contributed by atoms with Crippen molar-refractivity contribution < 1.29 is 9.13 Å². The number of halogens is 1. The minimum atomic E-state index is -0.512. The molecule has 0 bridgehead atoms. The maximum absolute atomic E-state index is 14.3. The largest absolute Gasteiger partial charge is 0.490 e. The van der Waals surface area contributed by atoms with Gasteiger partial charge in [-0.05, 0) is 24.1 Å². The van der Waals surface area contributed by atoms with Crippen LogP contribution < -0.4 is 15.6 Å². The Balaban J connectivity index is 2.03. The van der Waals surface area contributed by atoms with Crippen LogP contribution >= 0.6 is 0 Å². The van der Waals surface area contributed by atoms with Gasteiger partial charge in [-0.25, -0.2) is 4.39 Å². The summed E-state index contributed by atoms with van der Waals surface area (Å²) in [5.74, 6) is 0.00387. The van der Waals surface area contributed by atoms with E-state index < -0.39 is 5.56 Å². The molecule has 0 saturated heterocycles. The van der Waals surface area contributed by atoms with Gasteiger partial charge in [-0.2, -0.15) is 4.98 Å². The highest BCUT2D eigenvalue weighted by Crippen LogP contribution is 2.22. The lowest BCUT2D eigenvalue weighted by atomic mass is 10.2. The van der Waals surface area contributed by atoms with Crippen LogP contribution in [0.15, 0.2) is 59.5 Å². The highest BCUT2D eigenvalue weighted by Gasteiger charge is 2.12. The zero-order valence-electron chi connectivity index (χ0n) is 14.0. The van der Waals surface area contributed by atoms with Gasteiger partial charge in [0.15, 0.2) is 0 Å². The first-order valence-corrected chi connectivity index (χ1v) is 7.80. The topological polar surface area (TPSA) is 56.1 Å². The Morgan fingerprint density at radius 3 is 2.64 bits per heavy atom. The predicted octanol–water partition coefficient (Wildman–Crippen LogP) is 3.49. The lowest BCUT2D eigenvalue weighted by Crippen LogP contribution is -2.19. The molecule has 0 fully saturated rings. The van der Waals surface area contributed by atoms with Crippen molar-refractivity contribution in [2.45, 2.75) is 13.5 Å². The first kappa shape index (κ1) is 16.7. The molecule has 3 rings (SSSR count). The van der Waals surface area contributed by atoms with Crippen LogP contribution in [0.3, 0.4) is 0 Å². The van der Waals surface area contributed by atoms with Crippen LogP contribution in [0.5, 0.6) is 5.75 Å². The Labute approximate surface area is 144 Å². The monoisotopic (exact) mass is 339 g/mol. The summed E-state index contributed by atoms with van der Waals surface area (Å²) < 4.78 is 21.1. The minimum Gasteiger partial charge on any atom is -0.490 e. The van der Waals surface area contributed by atoms with Crippen molar-refractivity contribution in [2.24, 2.45) is 0 Å². The van der Waals surface area contributed by atoms with Gasteiger partial charge in [0.1, 0.15) is 5.82 Å². The van der Waals surface area contributed by atoms with Gasteiger partial charge in [-0.15, -0.1) is 0 Å². The summed E-state index contributed by atoms with van der Waals surface area (Å²) in [7, 11) is 1.42. The molecule has 0 saturated carbocycles. The average molecular weight is 339 g/mol. The molecule has 1 aromatic heterocycles. The predicted molar refractivity (Wildman–Crippen MR) is 95.0 cm³/mol. The maximum atomic E-state index is 14.3. The average Bonchev–Trinajstić information content (AvgIpc) is 2.62. The number of rotatable bonds is 5. The number of nitrogens with zero attached hydrogens (tertiary/aromatic N) is 2. The third kappa shape index (κ3) is 3.68. The summed E-state index contributed by atoms with van der Waals surface area (Å²) in [6.45, 7) is 2.14. The van der Waals surface area contributed by atoms with Crippen LogP contribution in [-0.2, 0) is 6.54 Å². The van der Waals surface area contributed by atoms with E-state index in [2.05, 4.69) is 10.3 Å². The summed E-state index contributed by atoms with van der Waals surface area (Å²) >= 11 is 0. The van der Waals surface area contributed by atoms with Crippen molar-refractivity contribution in [1.29, 1.82) is 0 Å². The Bertz CT molecular complexity index is 939. The van der Waals surface area contributed by atoms with Crippen molar-refractivity contribution in [3.05, 3.63) is 82.0 Å². The number of benzene rings is 2. The molecular formula is C19H18FN3O2. The standard InChI is InChI=1S/C19H18FN3O2/c1-13-7-6-10-15(17(13)20)21-19-22-18(24)16(25-2)12-23(19)11-14-8-4-3-5-9-14/h3-10,12H,11H2,1-2H3,(H,21,22,24). The van der Waals surface area contributed by atoms with Gasteiger partial charge in [-0.1, -0.05) is 42.5 Å². The van der Waals surface area contributed by atoms with E-state index in [1.807, 2.05) is 30.3 Å².